The number of aromatic nitrogens is 3. The van der Waals surface area contributed by atoms with Gasteiger partial charge in [-0.2, -0.15) is 5.26 Å². The number of nitriles is 1. The molecule has 4 rings (SSSR count). The van der Waals surface area contributed by atoms with E-state index in [2.05, 4.69) is 48.3 Å². The molecule has 0 atom stereocenters. The predicted molar refractivity (Wildman–Crippen MR) is 112 cm³/mol. The summed E-state index contributed by atoms with van der Waals surface area (Å²) in [5.74, 6) is 0.876. The molecule has 6 nitrogen and oxygen atoms in total. The van der Waals surface area contributed by atoms with E-state index in [0.29, 0.717) is 5.56 Å². The van der Waals surface area contributed by atoms with Gasteiger partial charge in [0.25, 0.3) is 0 Å². The summed E-state index contributed by atoms with van der Waals surface area (Å²) in [6, 6.07) is 16.1. The summed E-state index contributed by atoms with van der Waals surface area (Å²) < 4.78 is 5.03. The molecule has 0 aliphatic carbocycles. The molecule has 3 aromatic rings. The molecular weight excluding hydrogens is 368 g/mol. The van der Waals surface area contributed by atoms with Gasteiger partial charge in [-0.15, -0.1) is 0 Å². The van der Waals surface area contributed by atoms with E-state index in [1.54, 1.807) is 12.3 Å². The van der Waals surface area contributed by atoms with Gasteiger partial charge in [-0.05, 0) is 29.9 Å². The fourth-order valence-corrected chi connectivity index (χ4v) is 3.77. The number of hydrogen-bond donors (Lipinski definition) is 0. The van der Waals surface area contributed by atoms with Gasteiger partial charge in [0.05, 0.1) is 24.0 Å². The van der Waals surface area contributed by atoms with E-state index < -0.39 is 0 Å². The smallest absolute Gasteiger partial charge is 0.181 e. The first-order valence-corrected chi connectivity index (χ1v) is 9.71. The normalized spacial score (nSPS) is 14.8. The SMILES string of the molecule is Cn1c(-c2ccccc2)cn(CN2CCN(c3cc(C#N)ccn3)CC2)c1=S. The lowest BCUT2D eigenvalue weighted by Gasteiger charge is -2.35. The molecule has 0 spiro atoms. The van der Waals surface area contributed by atoms with Crippen LogP contribution in [0, 0.1) is 16.1 Å². The number of piperazine rings is 1. The zero-order valence-electron chi connectivity index (χ0n) is 15.8. The quantitative estimate of drug-likeness (QED) is 0.640. The van der Waals surface area contributed by atoms with Crippen molar-refractivity contribution in [3.05, 3.63) is 65.2 Å². The van der Waals surface area contributed by atoms with Crippen molar-refractivity contribution in [2.45, 2.75) is 6.67 Å². The molecule has 2 aromatic heterocycles. The molecule has 1 aliphatic rings. The lowest BCUT2D eigenvalue weighted by Crippen LogP contribution is -2.47. The fourth-order valence-electron chi connectivity index (χ4n) is 3.56. The van der Waals surface area contributed by atoms with Crippen molar-refractivity contribution >= 4 is 18.0 Å². The molecule has 1 fully saturated rings. The highest BCUT2D eigenvalue weighted by Gasteiger charge is 2.19. The van der Waals surface area contributed by atoms with Gasteiger partial charge in [0.2, 0.25) is 0 Å². The molecule has 0 unspecified atom stereocenters. The van der Waals surface area contributed by atoms with Crippen LogP contribution in [-0.4, -0.2) is 45.2 Å². The second kappa shape index (κ2) is 7.97. The van der Waals surface area contributed by atoms with Crippen LogP contribution >= 0.6 is 12.2 Å². The van der Waals surface area contributed by atoms with Gasteiger partial charge in [0.1, 0.15) is 5.82 Å². The minimum absolute atomic E-state index is 0.650. The molecule has 7 heteroatoms. The number of anilines is 1. The van der Waals surface area contributed by atoms with Crippen LogP contribution in [0.3, 0.4) is 0 Å². The average molecular weight is 391 g/mol. The highest BCUT2D eigenvalue weighted by Crippen LogP contribution is 2.21. The number of rotatable bonds is 4. The van der Waals surface area contributed by atoms with Crippen LogP contribution < -0.4 is 4.90 Å². The highest BCUT2D eigenvalue weighted by atomic mass is 32.1. The Morgan fingerprint density at radius 1 is 1.11 bits per heavy atom. The number of imidazole rings is 1. The maximum absolute atomic E-state index is 9.08. The third kappa shape index (κ3) is 3.70. The molecule has 1 aromatic carbocycles. The van der Waals surface area contributed by atoms with Gasteiger partial charge >= 0.3 is 0 Å². The Balaban J connectivity index is 1.44. The standard InChI is InChI=1S/C21H22N6S/c1-24-19(18-5-3-2-4-6-18)15-27(21(24)28)16-25-9-11-26(12-10-25)20-13-17(14-22)7-8-23-20/h2-8,13,15H,9-12,16H2,1H3. The van der Waals surface area contributed by atoms with Gasteiger partial charge < -0.3 is 14.0 Å². The summed E-state index contributed by atoms with van der Waals surface area (Å²) in [6.45, 7) is 4.39. The van der Waals surface area contributed by atoms with E-state index in [0.717, 1.165) is 49.1 Å². The minimum atomic E-state index is 0.650. The van der Waals surface area contributed by atoms with Crippen LogP contribution in [0.4, 0.5) is 5.82 Å². The van der Waals surface area contributed by atoms with Crippen LogP contribution in [0.15, 0.2) is 54.9 Å². The summed E-state index contributed by atoms with van der Waals surface area (Å²) in [5, 5.41) is 9.08. The Hall–Kier alpha value is -2.95. The van der Waals surface area contributed by atoms with Gasteiger partial charge in [-0.3, -0.25) is 4.90 Å². The maximum Gasteiger partial charge on any atom is 0.181 e. The number of nitrogens with zero attached hydrogens (tertiary/aromatic N) is 6. The van der Waals surface area contributed by atoms with Crippen molar-refractivity contribution in [1.29, 1.82) is 5.26 Å². The summed E-state index contributed by atoms with van der Waals surface area (Å²) in [6.07, 6.45) is 3.84. The van der Waals surface area contributed by atoms with E-state index in [-0.39, 0.29) is 0 Å². The van der Waals surface area contributed by atoms with Crippen molar-refractivity contribution in [3.8, 4) is 17.3 Å². The van der Waals surface area contributed by atoms with E-state index >= 15 is 0 Å². The van der Waals surface area contributed by atoms with Crippen LogP contribution in [0.2, 0.25) is 0 Å². The Kier molecular flexibility index (Phi) is 5.24. The average Bonchev–Trinajstić information content (AvgIpc) is 3.03. The Morgan fingerprint density at radius 3 is 2.57 bits per heavy atom. The van der Waals surface area contributed by atoms with Crippen molar-refractivity contribution < 1.29 is 0 Å². The Labute approximate surface area is 169 Å². The van der Waals surface area contributed by atoms with Crippen molar-refractivity contribution in [2.24, 2.45) is 7.05 Å². The highest BCUT2D eigenvalue weighted by molar-refractivity contribution is 7.71. The molecular formula is C21H22N6S. The van der Waals surface area contributed by atoms with Crippen molar-refractivity contribution in [2.75, 3.05) is 31.1 Å². The van der Waals surface area contributed by atoms with Gasteiger partial charge in [-0.25, -0.2) is 4.98 Å². The molecule has 0 saturated carbocycles. The second-order valence-corrected chi connectivity index (χ2v) is 7.32. The first kappa shape index (κ1) is 18.4. The first-order valence-electron chi connectivity index (χ1n) is 9.31. The minimum Gasteiger partial charge on any atom is -0.354 e. The molecule has 0 bridgehead atoms. The monoisotopic (exact) mass is 390 g/mol. The van der Waals surface area contributed by atoms with Crippen molar-refractivity contribution in [1.82, 2.24) is 19.0 Å². The molecule has 3 heterocycles. The number of benzene rings is 1. The number of hydrogen-bond acceptors (Lipinski definition) is 5. The summed E-state index contributed by atoms with van der Waals surface area (Å²) in [4.78, 5) is 9.04. The maximum atomic E-state index is 9.08. The molecule has 0 radical (unpaired) electrons. The van der Waals surface area contributed by atoms with Gasteiger partial charge in [0.15, 0.2) is 4.77 Å². The molecule has 0 N–H and O–H groups in total. The van der Waals surface area contributed by atoms with Crippen LogP contribution in [-0.2, 0) is 13.7 Å². The molecule has 1 saturated heterocycles. The molecule has 1 aliphatic heterocycles. The Morgan fingerprint density at radius 2 is 1.86 bits per heavy atom. The van der Waals surface area contributed by atoms with Crippen molar-refractivity contribution in [3.63, 3.8) is 0 Å². The third-order valence-corrected chi connectivity index (χ3v) is 5.67. The molecule has 28 heavy (non-hydrogen) atoms. The zero-order chi connectivity index (χ0) is 19.5. The lowest BCUT2D eigenvalue weighted by molar-refractivity contribution is 0.204. The van der Waals surface area contributed by atoms with E-state index in [9.17, 15) is 0 Å². The first-order chi connectivity index (χ1) is 13.7. The summed E-state index contributed by atoms with van der Waals surface area (Å²) in [7, 11) is 2.02. The van der Waals surface area contributed by atoms with Crippen LogP contribution in [0.1, 0.15) is 5.56 Å². The van der Waals surface area contributed by atoms with E-state index in [1.807, 2.05) is 31.3 Å². The zero-order valence-corrected chi connectivity index (χ0v) is 16.6. The summed E-state index contributed by atoms with van der Waals surface area (Å²) in [5.41, 5.74) is 2.95. The van der Waals surface area contributed by atoms with Crippen LogP contribution in [0.5, 0.6) is 0 Å². The predicted octanol–water partition coefficient (Wildman–Crippen LogP) is 3.27. The number of pyridine rings is 1. The second-order valence-electron chi connectivity index (χ2n) is 6.95. The van der Waals surface area contributed by atoms with Crippen LogP contribution in [0.25, 0.3) is 11.3 Å². The topological polar surface area (TPSA) is 53.0 Å². The molecule has 0 amide bonds. The third-order valence-electron chi connectivity index (χ3n) is 5.16. The van der Waals surface area contributed by atoms with Gasteiger partial charge in [-0.1, -0.05) is 30.3 Å². The Bertz CT molecular complexity index is 1050. The van der Waals surface area contributed by atoms with E-state index in [1.165, 1.54) is 5.56 Å². The fraction of sp³-hybridized carbons (Fsp3) is 0.286. The van der Waals surface area contributed by atoms with Gasteiger partial charge in [0, 0.05) is 45.6 Å². The summed E-state index contributed by atoms with van der Waals surface area (Å²) >= 11 is 5.66. The van der Waals surface area contributed by atoms with E-state index in [4.69, 9.17) is 17.5 Å². The molecule has 142 valence electrons. The lowest BCUT2D eigenvalue weighted by atomic mass is 10.2. The largest absolute Gasteiger partial charge is 0.354 e.